The summed E-state index contributed by atoms with van der Waals surface area (Å²) in [5, 5.41) is 16.1. The first-order valence-electron chi connectivity index (χ1n) is 11.9. The number of fused-ring (bicyclic) bond motifs is 1. The van der Waals surface area contributed by atoms with E-state index in [1.807, 2.05) is 42.5 Å². The molecule has 0 fully saturated rings. The number of ether oxygens (including phenoxy) is 1. The van der Waals surface area contributed by atoms with E-state index in [2.05, 4.69) is 22.5 Å². The molecule has 5 rings (SSSR count). The Morgan fingerprint density at radius 2 is 1.84 bits per heavy atom. The maximum atomic E-state index is 13.5. The molecular weight excluding hydrogens is 466 g/mol. The van der Waals surface area contributed by atoms with E-state index in [4.69, 9.17) is 10.00 Å². The van der Waals surface area contributed by atoms with Gasteiger partial charge in [0.1, 0.15) is 5.69 Å². The summed E-state index contributed by atoms with van der Waals surface area (Å²) in [6.07, 6.45) is 2.18. The predicted molar refractivity (Wildman–Crippen MR) is 139 cm³/mol. The molecule has 0 saturated carbocycles. The highest BCUT2D eigenvalue weighted by Crippen LogP contribution is 2.25. The molecule has 0 bridgehead atoms. The lowest BCUT2D eigenvalue weighted by atomic mass is 10.00. The number of aromatic nitrogens is 2. The third kappa shape index (κ3) is 4.99. The molecule has 0 unspecified atom stereocenters. The van der Waals surface area contributed by atoms with Crippen LogP contribution in [0.25, 0.3) is 0 Å². The third-order valence-electron chi connectivity index (χ3n) is 6.38. The Hall–Kier alpha value is -4.74. The number of anilines is 2. The minimum atomic E-state index is -0.448. The van der Waals surface area contributed by atoms with Gasteiger partial charge in [0.05, 0.1) is 36.5 Å². The molecule has 37 heavy (non-hydrogen) atoms. The SMILES string of the molecule is COCc1ccccc1Cc1ccc(N2CCn3ncc(C(=O)Nc4cccc(C#N)c4)c3C2=O)cc1. The van der Waals surface area contributed by atoms with E-state index in [0.29, 0.717) is 30.9 Å². The number of nitriles is 1. The van der Waals surface area contributed by atoms with Crippen LogP contribution in [0.4, 0.5) is 11.4 Å². The van der Waals surface area contributed by atoms with Crippen LogP contribution in [-0.2, 0) is 24.3 Å². The van der Waals surface area contributed by atoms with Gasteiger partial charge < -0.3 is 15.0 Å². The van der Waals surface area contributed by atoms with Gasteiger partial charge >= 0.3 is 0 Å². The van der Waals surface area contributed by atoms with Crippen LogP contribution in [0.1, 0.15) is 43.1 Å². The fourth-order valence-electron chi connectivity index (χ4n) is 4.52. The van der Waals surface area contributed by atoms with E-state index in [9.17, 15) is 9.59 Å². The molecule has 1 aliphatic rings. The minimum absolute atomic E-state index is 0.198. The lowest BCUT2D eigenvalue weighted by Crippen LogP contribution is -2.41. The minimum Gasteiger partial charge on any atom is -0.380 e. The summed E-state index contributed by atoms with van der Waals surface area (Å²) in [5.41, 5.74) is 5.60. The largest absolute Gasteiger partial charge is 0.380 e. The van der Waals surface area contributed by atoms with Crippen LogP contribution in [-0.4, -0.2) is 35.2 Å². The average Bonchev–Trinajstić information content (AvgIpc) is 3.36. The van der Waals surface area contributed by atoms with E-state index < -0.39 is 5.91 Å². The lowest BCUT2D eigenvalue weighted by molar-refractivity contribution is 0.0947. The molecule has 1 N–H and O–H groups in total. The van der Waals surface area contributed by atoms with Crippen molar-refractivity contribution in [2.24, 2.45) is 0 Å². The second-order valence-electron chi connectivity index (χ2n) is 8.78. The number of carbonyl (C=O) groups excluding carboxylic acids is 2. The van der Waals surface area contributed by atoms with E-state index in [1.165, 1.54) is 11.8 Å². The van der Waals surface area contributed by atoms with Gasteiger partial charge in [-0.05, 0) is 53.4 Å². The van der Waals surface area contributed by atoms with Crippen molar-refractivity contribution in [3.8, 4) is 6.07 Å². The van der Waals surface area contributed by atoms with Crippen molar-refractivity contribution in [3.63, 3.8) is 0 Å². The summed E-state index contributed by atoms with van der Waals surface area (Å²) in [4.78, 5) is 28.2. The first-order chi connectivity index (χ1) is 18.1. The Balaban J connectivity index is 1.34. The fraction of sp³-hybridized carbons (Fsp3) is 0.172. The first-order valence-corrected chi connectivity index (χ1v) is 11.9. The Labute approximate surface area is 214 Å². The average molecular weight is 492 g/mol. The van der Waals surface area contributed by atoms with Crippen molar-refractivity contribution in [1.29, 1.82) is 5.26 Å². The number of benzene rings is 3. The summed E-state index contributed by atoms with van der Waals surface area (Å²) in [6.45, 7) is 1.49. The number of hydrogen-bond acceptors (Lipinski definition) is 5. The second-order valence-corrected chi connectivity index (χ2v) is 8.78. The summed E-state index contributed by atoms with van der Waals surface area (Å²) < 4.78 is 6.89. The van der Waals surface area contributed by atoms with Gasteiger partial charge in [0.25, 0.3) is 11.8 Å². The van der Waals surface area contributed by atoms with Crippen molar-refractivity contribution in [3.05, 3.63) is 113 Å². The normalized spacial score (nSPS) is 12.6. The van der Waals surface area contributed by atoms with Crippen LogP contribution >= 0.6 is 0 Å². The molecule has 2 amide bonds. The number of nitrogens with one attached hydrogen (secondary N) is 1. The van der Waals surface area contributed by atoms with Gasteiger partial charge in [0.15, 0.2) is 0 Å². The van der Waals surface area contributed by atoms with Gasteiger partial charge in [0.2, 0.25) is 0 Å². The summed E-state index contributed by atoms with van der Waals surface area (Å²) in [5.74, 6) is -0.727. The molecular formula is C29H25N5O3. The van der Waals surface area contributed by atoms with Crippen LogP contribution in [0, 0.1) is 11.3 Å². The van der Waals surface area contributed by atoms with Gasteiger partial charge in [-0.1, -0.05) is 42.5 Å². The number of hydrogen-bond donors (Lipinski definition) is 1. The number of methoxy groups -OCH3 is 1. The van der Waals surface area contributed by atoms with Crippen molar-refractivity contribution >= 4 is 23.2 Å². The first kappa shape index (κ1) is 24.0. The Bertz CT molecular complexity index is 1500. The molecule has 0 saturated heterocycles. The van der Waals surface area contributed by atoms with E-state index >= 15 is 0 Å². The Kier molecular flexibility index (Phi) is 6.79. The lowest BCUT2D eigenvalue weighted by Gasteiger charge is -2.28. The van der Waals surface area contributed by atoms with Crippen LogP contribution in [0.3, 0.4) is 0 Å². The van der Waals surface area contributed by atoms with Gasteiger partial charge in [-0.15, -0.1) is 0 Å². The molecule has 2 heterocycles. The molecule has 8 nitrogen and oxygen atoms in total. The maximum absolute atomic E-state index is 13.5. The van der Waals surface area contributed by atoms with Crippen LogP contribution < -0.4 is 10.2 Å². The second kappa shape index (κ2) is 10.5. The third-order valence-corrected chi connectivity index (χ3v) is 6.38. The Morgan fingerprint density at radius 3 is 2.59 bits per heavy atom. The van der Waals surface area contributed by atoms with Crippen molar-refractivity contribution < 1.29 is 14.3 Å². The highest BCUT2D eigenvalue weighted by atomic mass is 16.5. The predicted octanol–water partition coefficient (Wildman–Crippen LogP) is 4.40. The standard InChI is InChI=1S/C29H25N5O3/c1-37-19-23-7-3-2-6-22(23)15-20-9-11-25(12-10-20)33-13-14-34-27(29(33)36)26(18-31-34)28(35)32-24-8-4-5-21(16-24)17-30/h2-12,16,18H,13-15,19H2,1H3,(H,32,35). The summed E-state index contributed by atoms with van der Waals surface area (Å²) in [7, 11) is 1.69. The molecule has 4 aromatic rings. The zero-order valence-electron chi connectivity index (χ0n) is 20.3. The molecule has 8 heteroatoms. The molecule has 0 spiro atoms. The number of rotatable bonds is 7. The summed E-state index contributed by atoms with van der Waals surface area (Å²) >= 11 is 0. The molecule has 0 radical (unpaired) electrons. The van der Waals surface area contributed by atoms with Gasteiger partial charge in [-0.2, -0.15) is 10.4 Å². The molecule has 0 atom stereocenters. The van der Waals surface area contributed by atoms with Crippen LogP contribution in [0.5, 0.6) is 0 Å². The van der Waals surface area contributed by atoms with Crippen molar-refractivity contribution in [2.75, 3.05) is 23.9 Å². The number of carbonyl (C=O) groups is 2. The number of amides is 2. The van der Waals surface area contributed by atoms with Crippen molar-refractivity contribution in [2.45, 2.75) is 19.6 Å². The topological polar surface area (TPSA) is 100 Å². The maximum Gasteiger partial charge on any atom is 0.277 e. The fourth-order valence-corrected chi connectivity index (χ4v) is 4.52. The smallest absolute Gasteiger partial charge is 0.277 e. The van der Waals surface area contributed by atoms with Crippen LogP contribution in [0.2, 0.25) is 0 Å². The van der Waals surface area contributed by atoms with Gasteiger partial charge in [0, 0.05) is 25.0 Å². The highest BCUT2D eigenvalue weighted by molar-refractivity contribution is 6.15. The van der Waals surface area contributed by atoms with Gasteiger partial charge in [-0.25, -0.2) is 0 Å². The quantitative estimate of drug-likeness (QED) is 0.413. The molecule has 1 aliphatic heterocycles. The van der Waals surface area contributed by atoms with E-state index in [0.717, 1.165) is 23.2 Å². The zero-order valence-corrected chi connectivity index (χ0v) is 20.3. The number of nitrogens with zero attached hydrogens (tertiary/aromatic N) is 4. The van der Waals surface area contributed by atoms with Crippen LogP contribution in [0.15, 0.2) is 79.0 Å². The highest BCUT2D eigenvalue weighted by Gasteiger charge is 2.32. The zero-order chi connectivity index (χ0) is 25.8. The monoisotopic (exact) mass is 491 g/mol. The van der Waals surface area contributed by atoms with E-state index in [1.54, 1.807) is 41.0 Å². The molecule has 3 aromatic carbocycles. The van der Waals surface area contributed by atoms with Crippen molar-refractivity contribution in [1.82, 2.24) is 9.78 Å². The molecule has 1 aromatic heterocycles. The molecule has 0 aliphatic carbocycles. The van der Waals surface area contributed by atoms with E-state index in [-0.39, 0.29) is 17.2 Å². The van der Waals surface area contributed by atoms with Gasteiger partial charge in [-0.3, -0.25) is 14.3 Å². The Morgan fingerprint density at radius 1 is 1.05 bits per heavy atom. The summed E-state index contributed by atoms with van der Waals surface area (Å²) in [6, 6.07) is 24.8. The molecule has 184 valence electrons.